The first-order chi connectivity index (χ1) is 17.1. The average Bonchev–Trinajstić information content (AvgIpc) is 3.11. The second kappa shape index (κ2) is 9.75. The van der Waals surface area contributed by atoms with E-state index in [1.54, 1.807) is 22.5 Å². The van der Waals surface area contributed by atoms with Crippen LogP contribution in [0.5, 0.6) is 0 Å². The Hall–Kier alpha value is -1.93. The van der Waals surface area contributed by atoms with E-state index in [-0.39, 0.29) is 16.2 Å². The van der Waals surface area contributed by atoms with E-state index in [9.17, 15) is 13.2 Å². The van der Waals surface area contributed by atoms with Crippen LogP contribution in [0.15, 0.2) is 47.4 Å². The van der Waals surface area contributed by atoms with Crippen molar-refractivity contribution in [2.75, 3.05) is 31.5 Å². The highest BCUT2D eigenvalue weighted by atomic mass is 35.5. The van der Waals surface area contributed by atoms with Crippen LogP contribution in [0, 0.1) is 5.41 Å². The van der Waals surface area contributed by atoms with Gasteiger partial charge in [0.05, 0.1) is 11.4 Å². The number of halogens is 1. The van der Waals surface area contributed by atoms with Gasteiger partial charge in [-0.05, 0) is 119 Å². The van der Waals surface area contributed by atoms with Gasteiger partial charge in [-0.25, -0.2) is 8.42 Å². The summed E-state index contributed by atoms with van der Waals surface area (Å²) in [5, 5.41) is 3.51. The molecule has 0 saturated carbocycles. The molecule has 5 rings (SSSR count). The van der Waals surface area contributed by atoms with Crippen LogP contribution in [0.2, 0.25) is 5.02 Å². The minimum Gasteiger partial charge on any atom is -0.325 e. The second-order valence-corrected chi connectivity index (χ2v) is 13.8. The van der Waals surface area contributed by atoms with Crippen molar-refractivity contribution in [3.8, 4) is 0 Å². The molecule has 2 saturated heterocycles. The Morgan fingerprint density at radius 3 is 2.47 bits per heavy atom. The molecule has 3 aliphatic rings. The molecule has 0 radical (unpaired) electrons. The number of piperidine rings is 1. The number of likely N-dealkylation sites (tertiary alicyclic amines) is 1. The van der Waals surface area contributed by atoms with Gasteiger partial charge < -0.3 is 5.32 Å². The number of carbonyl (C=O) groups excluding carboxylic acids is 1. The number of nitrogens with one attached hydrogen (secondary N) is 1. The molecule has 194 valence electrons. The molecule has 2 aromatic carbocycles. The summed E-state index contributed by atoms with van der Waals surface area (Å²) in [7, 11) is -3.65. The average molecular weight is 530 g/mol. The van der Waals surface area contributed by atoms with E-state index in [2.05, 4.69) is 22.3 Å². The lowest BCUT2D eigenvalue weighted by molar-refractivity contribution is -0.117. The summed E-state index contributed by atoms with van der Waals surface area (Å²) in [6.45, 7) is 6.48. The van der Waals surface area contributed by atoms with Crippen molar-refractivity contribution in [1.29, 1.82) is 0 Å². The van der Waals surface area contributed by atoms with Crippen molar-refractivity contribution in [3.63, 3.8) is 0 Å². The third-order valence-corrected chi connectivity index (χ3v) is 10.6. The molecular weight excluding hydrogens is 494 g/mol. The van der Waals surface area contributed by atoms with Crippen LogP contribution in [0.25, 0.3) is 0 Å². The number of hydrogen-bond acceptors (Lipinski definition) is 4. The van der Waals surface area contributed by atoms with Gasteiger partial charge in [0.2, 0.25) is 15.9 Å². The van der Waals surface area contributed by atoms with Gasteiger partial charge in [-0.3, -0.25) is 9.69 Å². The first-order valence-electron chi connectivity index (χ1n) is 13.0. The maximum absolute atomic E-state index is 13.5. The van der Waals surface area contributed by atoms with Gasteiger partial charge in [-0.15, -0.1) is 0 Å². The number of aryl methyl sites for hydroxylation is 2. The van der Waals surface area contributed by atoms with Gasteiger partial charge >= 0.3 is 0 Å². The highest BCUT2D eigenvalue weighted by Gasteiger charge is 2.53. The molecular formula is C28H36ClN3O3S. The highest BCUT2D eigenvalue weighted by molar-refractivity contribution is 7.89. The molecule has 0 unspecified atom stereocenters. The summed E-state index contributed by atoms with van der Waals surface area (Å²) >= 11 is 6.09. The smallest absolute Gasteiger partial charge is 0.243 e. The summed E-state index contributed by atoms with van der Waals surface area (Å²) in [6, 6.07) is 12.8. The molecule has 0 aromatic heterocycles. The first-order valence-corrected chi connectivity index (χ1v) is 14.8. The maximum atomic E-state index is 13.5. The lowest BCUT2D eigenvalue weighted by Crippen LogP contribution is -2.45. The molecule has 6 nitrogen and oxygen atoms in total. The van der Waals surface area contributed by atoms with Crippen molar-refractivity contribution in [3.05, 3.63) is 58.6 Å². The Labute approximate surface area is 220 Å². The van der Waals surface area contributed by atoms with E-state index in [0.29, 0.717) is 18.1 Å². The Morgan fingerprint density at radius 1 is 1.03 bits per heavy atom. The molecule has 36 heavy (non-hydrogen) atoms. The summed E-state index contributed by atoms with van der Waals surface area (Å²) in [5.74, 6) is 0.0126. The van der Waals surface area contributed by atoms with Crippen LogP contribution < -0.4 is 5.32 Å². The molecule has 0 bridgehead atoms. The lowest BCUT2D eigenvalue weighted by atomic mass is 9.74. The van der Waals surface area contributed by atoms with Crippen molar-refractivity contribution < 1.29 is 13.2 Å². The summed E-state index contributed by atoms with van der Waals surface area (Å²) in [4.78, 5) is 15.2. The number of sulfonamides is 1. The van der Waals surface area contributed by atoms with E-state index in [4.69, 9.17) is 11.6 Å². The van der Waals surface area contributed by atoms with E-state index >= 15 is 0 Å². The second-order valence-electron chi connectivity index (χ2n) is 11.5. The Morgan fingerprint density at radius 2 is 1.75 bits per heavy atom. The number of nitrogens with zero attached hydrogens (tertiary/aromatic N) is 2. The number of rotatable bonds is 5. The number of benzene rings is 2. The molecule has 2 fully saturated rings. The zero-order valence-electron chi connectivity index (χ0n) is 21.2. The van der Waals surface area contributed by atoms with E-state index in [1.165, 1.54) is 30.0 Å². The van der Waals surface area contributed by atoms with E-state index in [1.807, 2.05) is 19.9 Å². The normalized spacial score (nSPS) is 21.9. The van der Waals surface area contributed by atoms with Gasteiger partial charge in [0.15, 0.2) is 0 Å². The number of carbonyl (C=O) groups is 1. The minimum absolute atomic E-state index is 0.0126. The SMILES string of the molecule is CC1(C)CC2(CCN(CC(=O)Nc3ccc4c(c3)CCCC4)CC2)CN1S(=O)(=O)c1cccc(Cl)c1. The highest BCUT2D eigenvalue weighted by Crippen LogP contribution is 2.49. The largest absolute Gasteiger partial charge is 0.325 e. The summed E-state index contributed by atoms with van der Waals surface area (Å²) < 4.78 is 28.7. The van der Waals surface area contributed by atoms with Gasteiger partial charge in [0, 0.05) is 22.8 Å². The molecule has 2 heterocycles. The predicted octanol–water partition coefficient (Wildman–Crippen LogP) is 5.11. The number of anilines is 1. The maximum Gasteiger partial charge on any atom is 0.243 e. The monoisotopic (exact) mass is 529 g/mol. The molecule has 2 aromatic rings. The first kappa shape index (κ1) is 25.7. The van der Waals surface area contributed by atoms with Gasteiger partial charge in [-0.2, -0.15) is 4.31 Å². The van der Waals surface area contributed by atoms with Crippen molar-refractivity contribution in [1.82, 2.24) is 9.21 Å². The summed E-state index contributed by atoms with van der Waals surface area (Å²) in [5.41, 5.74) is 3.11. The van der Waals surface area contributed by atoms with Crippen molar-refractivity contribution in [2.24, 2.45) is 5.41 Å². The van der Waals surface area contributed by atoms with Gasteiger partial charge in [0.25, 0.3) is 0 Å². The Balaban J connectivity index is 1.20. The molecule has 1 aliphatic carbocycles. The van der Waals surface area contributed by atoms with Crippen LogP contribution in [0.3, 0.4) is 0 Å². The zero-order chi connectivity index (χ0) is 25.6. The van der Waals surface area contributed by atoms with Crippen molar-refractivity contribution >= 4 is 33.2 Å². The zero-order valence-corrected chi connectivity index (χ0v) is 22.8. The molecule has 1 spiro atoms. The standard InChI is InChI=1S/C28H36ClN3O3S/c1-27(2)19-28(20-32(27)36(34,35)25-9-5-8-23(29)17-25)12-14-31(15-13-28)18-26(33)30-24-11-10-21-6-3-4-7-22(21)16-24/h5,8-11,16-17H,3-4,6-7,12-15,18-20H2,1-2H3,(H,30,33). The fourth-order valence-corrected chi connectivity index (χ4v) is 8.68. The Kier molecular flexibility index (Phi) is 6.96. The molecule has 1 amide bonds. The van der Waals surface area contributed by atoms with Crippen LogP contribution in [-0.2, 0) is 27.7 Å². The fraction of sp³-hybridized carbons (Fsp3) is 0.536. The molecule has 0 atom stereocenters. The Bertz CT molecular complexity index is 1250. The molecule has 2 aliphatic heterocycles. The van der Waals surface area contributed by atoms with Crippen LogP contribution in [0.4, 0.5) is 5.69 Å². The summed E-state index contributed by atoms with van der Waals surface area (Å²) in [6.07, 6.45) is 7.26. The number of hydrogen-bond donors (Lipinski definition) is 1. The predicted molar refractivity (Wildman–Crippen MR) is 144 cm³/mol. The lowest BCUT2D eigenvalue weighted by Gasteiger charge is -2.39. The third kappa shape index (κ3) is 5.21. The van der Waals surface area contributed by atoms with Crippen molar-refractivity contribution in [2.45, 2.75) is 69.2 Å². The molecule has 1 N–H and O–H groups in total. The quantitative estimate of drug-likeness (QED) is 0.584. The topological polar surface area (TPSA) is 69.7 Å². The van der Waals surface area contributed by atoms with E-state index in [0.717, 1.165) is 50.9 Å². The van der Waals surface area contributed by atoms with Crippen LogP contribution in [-0.4, -0.2) is 55.2 Å². The third-order valence-electron chi connectivity index (χ3n) is 8.26. The van der Waals surface area contributed by atoms with E-state index < -0.39 is 15.6 Å². The van der Waals surface area contributed by atoms with Gasteiger partial charge in [-0.1, -0.05) is 23.7 Å². The molecule has 8 heteroatoms. The minimum atomic E-state index is -3.65. The number of amides is 1. The number of fused-ring (bicyclic) bond motifs is 1. The fourth-order valence-electron chi connectivity index (χ4n) is 6.48. The van der Waals surface area contributed by atoms with Crippen LogP contribution >= 0.6 is 11.6 Å². The van der Waals surface area contributed by atoms with Crippen LogP contribution in [0.1, 0.15) is 57.1 Å². The van der Waals surface area contributed by atoms with Gasteiger partial charge in [0.1, 0.15) is 0 Å².